The summed E-state index contributed by atoms with van der Waals surface area (Å²) < 4.78 is 15.1. The van der Waals surface area contributed by atoms with Crippen molar-refractivity contribution in [1.82, 2.24) is 24.9 Å². The van der Waals surface area contributed by atoms with Crippen molar-refractivity contribution < 1.29 is 9.18 Å². The van der Waals surface area contributed by atoms with Crippen molar-refractivity contribution in [3.05, 3.63) is 65.2 Å². The van der Waals surface area contributed by atoms with Gasteiger partial charge in [0, 0.05) is 17.7 Å². The number of amides is 1. The SMILES string of the molecule is Cc1cccc(-c2nn(CC(=O)N3CC[C@@H](F)C3)c3nnc(-c4ccccc4)c(Cl)c23)c1. The summed E-state index contributed by atoms with van der Waals surface area (Å²) in [6, 6.07) is 17.5. The molecular weight excluding hydrogens is 429 g/mol. The van der Waals surface area contributed by atoms with E-state index >= 15 is 0 Å². The van der Waals surface area contributed by atoms with E-state index < -0.39 is 6.17 Å². The molecule has 0 spiro atoms. The fourth-order valence-corrected chi connectivity index (χ4v) is 4.39. The van der Waals surface area contributed by atoms with Gasteiger partial charge in [0.2, 0.25) is 5.91 Å². The van der Waals surface area contributed by atoms with Gasteiger partial charge in [0.1, 0.15) is 24.1 Å². The van der Waals surface area contributed by atoms with Gasteiger partial charge < -0.3 is 4.90 Å². The highest BCUT2D eigenvalue weighted by Gasteiger charge is 2.28. The van der Waals surface area contributed by atoms with Crippen LogP contribution in [0.15, 0.2) is 54.6 Å². The van der Waals surface area contributed by atoms with Gasteiger partial charge in [0.25, 0.3) is 0 Å². The van der Waals surface area contributed by atoms with E-state index in [0.29, 0.717) is 40.4 Å². The Labute approximate surface area is 189 Å². The summed E-state index contributed by atoms with van der Waals surface area (Å²) >= 11 is 6.87. The van der Waals surface area contributed by atoms with E-state index in [1.165, 1.54) is 9.58 Å². The number of nitrogens with zero attached hydrogens (tertiary/aromatic N) is 5. The van der Waals surface area contributed by atoms with Gasteiger partial charge in [-0.2, -0.15) is 5.10 Å². The van der Waals surface area contributed by atoms with Crippen molar-refractivity contribution in [2.24, 2.45) is 0 Å². The molecule has 0 unspecified atom stereocenters. The van der Waals surface area contributed by atoms with Crippen molar-refractivity contribution in [2.75, 3.05) is 13.1 Å². The molecule has 162 valence electrons. The molecule has 1 aliphatic heterocycles. The smallest absolute Gasteiger partial charge is 0.244 e. The predicted molar refractivity (Wildman–Crippen MR) is 122 cm³/mol. The number of aryl methyl sites for hydroxylation is 1. The summed E-state index contributed by atoms with van der Waals surface area (Å²) in [6.07, 6.45) is -0.606. The third kappa shape index (κ3) is 3.73. The average Bonchev–Trinajstić information content (AvgIpc) is 3.39. The van der Waals surface area contributed by atoms with E-state index in [1.807, 2.05) is 61.5 Å². The molecule has 6 nitrogen and oxygen atoms in total. The Morgan fingerprint density at radius 3 is 2.59 bits per heavy atom. The monoisotopic (exact) mass is 449 g/mol. The van der Waals surface area contributed by atoms with Crippen LogP contribution in [0.4, 0.5) is 4.39 Å². The third-order valence-corrected chi connectivity index (χ3v) is 6.07. The highest BCUT2D eigenvalue weighted by molar-refractivity contribution is 6.38. The Kier molecular flexibility index (Phi) is 5.35. The van der Waals surface area contributed by atoms with E-state index in [2.05, 4.69) is 10.2 Å². The van der Waals surface area contributed by atoms with Gasteiger partial charge in [0.05, 0.1) is 17.0 Å². The van der Waals surface area contributed by atoms with Crippen LogP contribution >= 0.6 is 11.6 Å². The van der Waals surface area contributed by atoms with Crippen LogP contribution in [-0.4, -0.2) is 50.0 Å². The predicted octanol–water partition coefficient (Wildman–Crippen LogP) is 4.69. The number of carbonyl (C=O) groups excluding carboxylic acids is 1. The molecule has 0 saturated carbocycles. The van der Waals surface area contributed by atoms with Crippen LogP contribution in [0.3, 0.4) is 0 Å². The largest absolute Gasteiger partial charge is 0.338 e. The zero-order valence-corrected chi connectivity index (χ0v) is 18.3. The quantitative estimate of drug-likeness (QED) is 0.453. The number of carbonyl (C=O) groups is 1. The van der Waals surface area contributed by atoms with E-state index in [9.17, 15) is 9.18 Å². The number of rotatable bonds is 4. The summed E-state index contributed by atoms with van der Waals surface area (Å²) in [7, 11) is 0. The third-order valence-electron chi connectivity index (χ3n) is 5.70. The van der Waals surface area contributed by atoms with Crippen LogP contribution in [0.1, 0.15) is 12.0 Å². The second-order valence-corrected chi connectivity index (χ2v) is 8.41. The van der Waals surface area contributed by atoms with Gasteiger partial charge in [-0.15, -0.1) is 10.2 Å². The summed E-state index contributed by atoms with van der Waals surface area (Å²) in [5, 5.41) is 14.5. The molecule has 1 fully saturated rings. The molecular formula is C24H21ClFN5O. The number of benzene rings is 2. The molecule has 2 aromatic heterocycles. The van der Waals surface area contributed by atoms with Crippen molar-refractivity contribution in [2.45, 2.75) is 26.1 Å². The Hall–Kier alpha value is -3.32. The van der Waals surface area contributed by atoms with Crippen molar-refractivity contribution in [1.29, 1.82) is 0 Å². The molecule has 1 saturated heterocycles. The molecule has 4 aromatic rings. The fraction of sp³-hybridized carbons (Fsp3) is 0.250. The molecule has 1 atom stereocenters. The van der Waals surface area contributed by atoms with Crippen LogP contribution in [0.25, 0.3) is 33.5 Å². The molecule has 0 bridgehead atoms. The topological polar surface area (TPSA) is 63.9 Å². The van der Waals surface area contributed by atoms with E-state index in [1.54, 1.807) is 0 Å². The van der Waals surface area contributed by atoms with Gasteiger partial charge >= 0.3 is 0 Å². The zero-order valence-electron chi connectivity index (χ0n) is 17.5. The summed E-state index contributed by atoms with van der Waals surface area (Å²) in [5.74, 6) is -0.199. The van der Waals surface area contributed by atoms with Gasteiger partial charge in [-0.05, 0) is 19.4 Å². The van der Waals surface area contributed by atoms with Gasteiger partial charge in [-0.25, -0.2) is 9.07 Å². The van der Waals surface area contributed by atoms with Gasteiger partial charge in [0.15, 0.2) is 5.65 Å². The van der Waals surface area contributed by atoms with Crippen LogP contribution in [-0.2, 0) is 11.3 Å². The maximum atomic E-state index is 13.6. The summed E-state index contributed by atoms with van der Waals surface area (Å²) in [5.41, 5.74) is 4.42. The maximum absolute atomic E-state index is 13.6. The summed E-state index contributed by atoms with van der Waals surface area (Å²) in [6.45, 7) is 2.48. The molecule has 0 radical (unpaired) electrons. The molecule has 0 N–H and O–H groups in total. The minimum Gasteiger partial charge on any atom is -0.338 e. The lowest BCUT2D eigenvalue weighted by Gasteiger charge is -2.15. The minimum absolute atomic E-state index is 0.0509. The van der Waals surface area contributed by atoms with E-state index in [0.717, 1.165) is 16.7 Å². The summed E-state index contributed by atoms with van der Waals surface area (Å²) in [4.78, 5) is 14.3. The lowest BCUT2D eigenvalue weighted by molar-refractivity contribution is -0.131. The van der Waals surface area contributed by atoms with Crippen molar-refractivity contribution in [3.8, 4) is 22.5 Å². The molecule has 1 amide bonds. The lowest BCUT2D eigenvalue weighted by Crippen LogP contribution is -2.32. The lowest BCUT2D eigenvalue weighted by atomic mass is 10.1. The number of fused-ring (bicyclic) bond motifs is 1. The van der Waals surface area contributed by atoms with Gasteiger partial charge in [-0.1, -0.05) is 65.7 Å². The minimum atomic E-state index is -0.973. The first kappa shape index (κ1) is 20.6. The van der Waals surface area contributed by atoms with Gasteiger partial charge in [-0.3, -0.25) is 4.79 Å². The number of halogens is 2. The molecule has 32 heavy (non-hydrogen) atoms. The standard InChI is InChI=1S/C24H21ClFN5O/c1-15-6-5-9-17(12-15)22-20-21(25)23(16-7-3-2-4-8-16)27-28-24(20)31(29-22)14-19(32)30-11-10-18(26)13-30/h2-9,12,18H,10-11,13-14H2,1H3/t18-/m1/s1. The number of likely N-dealkylation sites (tertiary alicyclic amines) is 1. The first-order chi connectivity index (χ1) is 15.5. The number of hydrogen-bond donors (Lipinski definition) is 0. The number of alkyl halides is 1. The molecule has 2 aromatic carbocycles. The fourth-order valence-electron chi connectivity index (χ4n) is 4.07. The first-order valence-electron chi connectivity index (χ1n) is 10.5. The van der Waals surface area contributed by atoms with E-state index in [4.69, 9.17) is 16.7 Å². The van der Waals surface area contributed by atoms with Crippen LogP contribution in [0.2, 0.25) is 5.02 Å². The average molecular weight is 450 g/mol. The van der Waals surface area contributed by atoms with E-state index in [-0.39, 0.29) is 19.0 Å². The maximum Gasteiger partial charge on any atom is 0.244 e. The van der Waals surface area contributed by atoms with Crippen molar-refractivity contribution >= 4 is 28.5 Å². The van der Waals surface area contributed by atoms with Crippen LogP contribution < -0.4 is 0 Å². The number of hydrogen-bond acceptors (Lipinski definition) is 4. The van der Waals surface area contributed by atoms with Crippen molar-refractivity contribution in [3.63, 3.8) is 0 Å². The second-order valence-electron chi connectivity index (χ2n) is 8.03. The second kappa shape index (κ2) is 8.31. The highest BCUT2D eigenvalue weighted by Crippen LogP contribution is 2.37. The Balaban J connectivity index is 1.65. The Morgan fingerprint density at radius 1 is 1.09 bits per heavy atom. The van der Waals surface area contributed by atoms with Crippen LogP contribution in [0, 0.1) is 6.92 Å². The molecule has 1 aliphatic rings. The first-order valence-corrected chi connectivity index (χ1v) is 10.9. The Bertz CT molecular complexity index is 1310. The zero-order chi connectivity index (χ0) is 22.2. The normalized spacial score (nSPS) is 16.1. The highest BCUT2D eigenvalue weighted by atomic mass is 35.5. The molecule has 3 heterocycles. The number of aromatic nitrogens is 4. The molecule has 0 aliphatic carbocycles. The Morgan fingerprint density at radius 2 is 1.88 bits per heavy atom. The van der Waals surface area contributed by atoms with Crippen LogP contribution in [0.5, 0.6) is 0 Å². The molecule has 5 rings (SSSR count). The molecule has 8 heteroatoms.